The number of hydrogen-bond donors (Lipinski definition) is 2. The number of halogens is 1. The maximum Gasteiger partial charge on any atom is 0.107 e. The predicted octanol–water partition coefficient (Wildman–Crippen LogP) is 0.0694. The Balaban J connectivity index is 0. The lowest BCUT2D eigenvalue weighted by atomic mass is 10.2. The van der Waals surface area contributed by atoms with Crippen LogP contribution in [0.3, 0.4) is 0 Å². The van der Waals surface area contributed by atoms with Crippen LogP contribution in [0.25, 0.3) is 0 Å². The van der Waals surface area contributed by atoms with Crippen LogP contribution in [-0.4, -0.2) is 17.3 Å². The molecule has 0 atom stereocenters. The molecule has 3 N–H and O–H groups in total. The van der Waals surface area contributed by atoms with Crippen molar-refractivity contribution in [2.45, 2.75) is 19.4 Å². The summed E-state index contributed by atoms with van der Waals surface area (Å²) >= 11 is 0. The molecule has 0 aromatic heterocycles. The van der Waals surface area contributed by atoms with Gasteiger partial charge in [0, 0.05) is 0 Å². The summed E-state index contributed by atoms with van der Waals surface area (Å²) in [6, 6.07) is 0. The molecule has 0 aliphatic carbocycles. The normalized spacial score (nSPS) is 10.5. The zero-order valence-corrected chi connectivity index (χ0v) is 5.86. The third kappa shape index (κ3) is 4.33. The largest absolute Gasteiger partial charge is 0.393 e. The van der Waals surface area contributed by atoms with E-state index in [0.29, 0.717) is 0 Å². The summed E-state index contributed by atoms with van der Waals surface area (Å²) in [6.45, 7) is 3.35. The minimum absolute atomic E-state index is 0. The highest BCUT2D eigenvalue weighted by molar-refractivity contribution is 5.85. The molecule has 0 aromatic rings. The van der Waals surface area contributed by atoms with Crippen LogP contribution in [0.2, 0.25) is 0 Å². The van der Waals surface area contributed by atoms with Crippen molar-refractivity contribution in [3.63, 3.8) is 0 Å². The van der Waals surface area contributed by atoms with Crippen LogP contribution in [0.5, 0.6) is 0 Å². The van der Waals surface area contributed by atoms with Crippen molar-refractivity contribution in [2.75, 3.05) is 6.61 Å². The molecule has 0 rings (SSSR count). The molecule has 3 nitrogen and oxygen atoms in total. The molecular weight excluding hydrogens is 130 g/mol. The minimum atomic E-state index is -0.583. The monoisotopic (exact) mass is 141 g/mol. The molecule has 0 radical (unpaired) electrons. The van der Waals surface area contributed by atoms with Crippen LogP contribution < -0.4 is 5.90 Å². The Bertz CT molecular complexity index is 52.0. The Morgan fingerprint density at radius 3 is 2.00 bits per heavy atom. The quantitative estimate of drug-likeness (QED) is 0.535. The summed E-state index contributed by atoms with van der Waals surface area (Å²) in [7, 11) is 0. The zero-order chi connectivity index (χ0) is 5.91. The Hall–Kier alpha value is 0.170. The molecule has 0 spiro atoms. The smallest absolute Gasteiger partial charge is 0.107 e. The standard InChI is InChI=1S/C4H11NO2.ClH/c1-4(2,3-6)7-5;/h6H,3,5H2,1-2H3;1H. The van der Waals surface area contributed by atoms with Crippen molar-refractivity contribution in [3.05, 3.63) is 0 Å². The minimum Gasteiger partial charge on any atom is -0.393 e. The van der Waals surface area contributed by atoms with Crippen molar-refractivity contribution in [1.82, 2.24) is 0 Å². The second-order valence-electron chi connectivity index (χ2n) is 2.04. The lowest BCUT2D eigenvalue weighted by Gasteiger charge is -2.16. The van der Waals surface area contributed by atoms with Crippen LogP contribution in [-0.2, 0) is 4.84 Å². The van der Waals surface area contributed by atoms with Crippen LogP contribution >= 0.6 is 12.4 Å². The fourth-order valence-corrected chi connectivity index (χ4v) is 0.0373. The maximum absolute atomic E-state index is 8.39. The van der Waals surface area contributed by atoms with Crippen molar-refractivity contribution in [3.8, 4) is 0 Å². The Labute approximate surface area is 55.2 Å². The molecule has 0 aliphatic rings. The molecule has 0 bridgehead atoms. The molecule has 0 heterocycles. The van der Waals surface area contributed by atoms with Gasteiger partial charge >= 0.3 is 0 Å². The van der Waals surface area contributed by atoms with Gasteiger partial charge in [0.1, 0.15) is 5.60 Å². The Morgan fingerprint density at radius 2 is 2.00 bits per heavy atom. The van der Waals surface area contributed by atoms with Gasteiger partial charge in [-0.05, 0) is 13.8 Å². The number of aliphatic hydroxyl groups is 1. The Morgan fingerprint density at radius 1 is 1.62 bits per heavy atom. The van der Waals surface area contributed by atoms with Gasteiger partial charge in [0.05, 0.1) is 6.61 Å². The van der Waals surface area contributed by atoms with Gasteiger partial charge in [-0.15, -0.1) is 12.4 Å². The number of rotatable bonds is 2. The average molecular weight is 142 g/mol. The lowest BCUT2D eigenvalue weighted by Crippen LogP contribution is -2.31. The molecule has 0 saturated heterocycles. The van der Waals surface area contributed by atoms with E-state index in [9.17, 15) is 0 Å². The van der Waals surface area contributed by atoms with E-state index in [1.807, 2.05) is 0 Å². The SMILES string of the molecule is CC(C)(CO)ON.Cl. The molecule has 0 aromatic carbocycles. The van der Waals surface area contributed by atoms with Gasteiger partial charge in [0.15, 0.2) is 0 Å². The van der Waals surface area contributed by atoms with Crippen LogP contribution in [0.1, 0.15) is 13.8 Å². The van der Waals surface area contributed by atoms with E-state index in [1.165, 1.54) is 0 Å². The van der Waals surface area contributed by atoms with Crippen LogP contribution in [0.4, 0.5) is 0 Å². The van der Waals surface area contributed by atoms with Gasteiger partial charge in [0.2, 0.25) is 0 Å². The highest BCUT2D eigenvalue weighted by atomic mass is 35.5. The van der Waals surface area contributed by atoms with Crippen molar-refractivity contribution >= 4 is 12.4 Å². The number of hydrogen-bond acceptors (Lipinski definition) is 3. The van der Waals surface area contributed by atoms with Crippen LogP contribution in [0.15, 0.2) is 0 Å². The summed E-state index contributed by atoms with van der Waals surface area (Å²) in [4.78, 5) is 4.34. The zero-order valence-electron chi connectivity index (χ0n) is 5.05. The number of aliphatic hydroxyl groups excluding tert-OH is 1. The number of nitrogens with two attached hydrogens (primary N) is 1. The summed E-state index contributed by atoms with van der Waals surface area (Å²) in [6.07, 6.45) is 0. The maximum atomic E-state index is 8.39. The van der Waals surface area contributed by atoms with E-state index in [1.54, 1.807) is 13.8 Å². The van der Waals surface area contributed by atoms with Gasteiger partial charge in [-0.2, -0.15) is 0 Å². The fourth-order valence-electron chi connectivity index (χ4n) is 0.0373. The van der Waals surface area contributed by atoms with Gasteiger partial charge in [-0.1, -0.05) is 0 Å². The molecule has 0 saturated carbocycles. The summed E-state index contributed by atoms with van der Waals surface area (Å²) < 4.78 is 0. The first-order valence-corrected chi connectivity index (χ1v) is 2.11. The summed E-state index contributed by atoms with van der Waals surface area (Å²) in [5.74, 6) is 4.76. The molecule has 0 fully saturated rings. The second kappa shape index (κ2) is 4.09. The average Bonchev–Trinajstić information content (AvgIpc) is 1.68. The van der Waals surface area contributed by atoms with E-state index in [4.69, 9.17) is 11.0 Å². The predicted molar refractivity (Wildman–Crippen MR) is 33.7 cm³/mol. The first-order chi connectivity index (χ1) is 3.12. The van der Waals surface area contributed by atoms with Gasteiger partial charge in [-0.3, -0.25) is 4.84 Å². The van der Waals surface area contributed by atoms with Crippen LogP contribution in [0, 0.1) is 0 Å². The molecule has 0 amide bonds. The van der Waals surface area contributed by atoms with E-state index in [0.717, 1.165) is 0 Å². The Kier molecular flexibility index (Phi) is 5.64. The van der Waals surface area contributed by atoms with Gasteiger partial charge in [0.25, 0.3) is 0 Å². The van der Waals surface area contributed by atoms with E-state index in [-0.39, 0.29) is 19.0 Å². The second-order valence-corrected chi connectivity index (χ2v) is 2.04. The summed E-state index contributed by atoms with van der Waals surface area (Å²) in [5, 5.41) is 8.39. The topological polar surface area (TPSA) is 55.5 Å². The van der Waals surface area contributed by atoms with Gasteiger partial charge < -0.3 is 5.11 Å². The third-order valence-corrected chi connectivity index (χ3v) is 0.700. The van der Waals surface area contributed by atoms with Crippen molar-refractivity contribution in [2.24, 2.45) is 5.90 Å². The molecule has 52 valence electrons. The molecule has 0 unspecified atom stereocenters. The highest BCUT2D eigenvalue weighted by Crippen LogP contribution is 2.01. The van der Waals surface area contributed by atoms with Crippen molar-refractivity contribution in [1.29, 1.82) is 0 Å². The first kappa shape index (κ1) is 11.0. The third-order valence-electron chi connectivity index (χ3n) is 0.700. The highest BCUT2D eigenvalue weighted by Gasteiger charge is 2.13. The van der Waals surface area contributed by atoms with Crippen molar-refractivity contribution < 1.29 is 9.94 Å². The molecule has 0 aliphatic heterocycles. The summed E-state index contributed by atoms with van der Waals surface area (Å²) in [5.41, 5.74) is -0.583. The molecule has 4 heteroatoms. The first-order valence-electron chi connectivity index (χ1n) is 2.11. The lowest BCUT2D eigenvalue weighted by molar-refractivity contribution is -0.0555. The molecular formula is C4H12ClNO2. The van der Waals surface area contributed by atoms with Gasteiger partial charge in [-0.25, -0.2) is 5.90 Å². The van der Waals surface area contributed by atoms with E-state index in [2.05, 4.69) is 4.84 Å². The fraction of sp³-hybridized carbons (Fsp3) is 1.00. The molecule has 8 heavy (non-hydrogen) atoms. The van der Waals surface area contributed by atoms with E-state index >= 15 is 0 Å². The van der Waals surface area contributed by atoms with E-state index < -0.39 is 5.60 Å².